The Hall–Kier alpha value is -2.81. The van der Waals surface area contributed by atoms with Gasteiger partial charge in [-0.2, -0.15) is 0 Å². The Morgan fingerprint density at radius 1 is 1.25 bits per heavy atom. The first kappa shape index (κ1) is 22.4. The topological polar surface area (TPSA) is 83.9 Å². The molecule has 2 atom stereocenters. The van der Waals surface area contributed by atoms with E-state index in [4.69, 9.17) is 26.1 Å². The number of nitrogens with zero attached hydrogens (tertiary/aromatic N) is 2. The van der Waals surface area contributed by atoms with E-state index in [-0.39, 0.29) is 5.91 Å². The smallest absolute Gasteiger partial charge is 0.243 e. The van der Waals surface area contributed by atoms with E-state index in [0.29, 0.717) is 41.2 Å². The molecule has 0 saturated carbocycles. The van der Waals surface area contributed by atoms with Crippen LogP contribution >= 0.6 is 22.9 Å². The van der Waals surface area contributed by atoms with Crippen molar-refractivity contribution in [2.24, 2.45) is 0 Å². The van der Waals surface area contributed by atoms with Crippen LogP contribution in [0.3, 0.4) is 0 Å². The molecule has 1 aliphatic rings. The molecule has 0 bridgehead atoms. The van der Waals surface area contributed by atoms with Gasteiger partial charge in [-0.25, -0.2) is 4.98 Å². The van der Waals surface area contributed by atoms with Crippen molar-refractivity contribution in [3.05, 3.63) is 58.4 Å². The number of aliphatic hydroxyl groups excluding tert-OH is 1. The Morgan fingerprint density at radius 3 is 2.78 bits per heavy atom. The first-order valence-electron chi connectivity index (χ1n) is 10.1. The predicted octanol–water partition coefficient (Wildman–Crippen LogP) is 3.74. The van der Waals surface area contributed by atoms with E-state index in [1.807, 2.05) is 46.7 Å². The van der Waals surface area contributed by atoms with Crippen LogP contribution in [-0.2, 0) is 11.3 Å². The molecule has 7 nitrogen and oxygen atoms in total. The van der Waals surface area contributed by atoms with E-state index in [2.05, 4.69) is 5.32 Å². The summed E-state index contributed by atoms with van der Waals surface area (Å²) in [6.45, 7) is 0.677. The SMILES string of the molecule is COc1ccc(-c2csc(N3CC(O)C[C@H]3C(=O)NCc3ccccc3Cl)n2)cc1OC. The summed E-state index contributed by atoms with van der Waals surface area (Å²) >= 11 is 7.63. The number of aromatic nitrogens is 1. The summed E-state index contributed by atoms with van der Waals surface area (Å²) in [5.74, 6) is 1.10. The summed E-state index contributed by atoms with van der Waals surface area (Å²) in [7, 11) is 3.18. The van der Waals surface area contributed by atoms with E-state index in [9.17, 15) is 9.90 Å². The number of β-amino-alcohol motifs (C(OH)–C–C–N with tert-alkyl or cyclic N) is 1. The highest BCUT2D eigenvalue weighted by atomic mass is 35.5. The Morgan fingerprint density at radius 2 is 2.03 bits per heavy atom. The van der Waals surface area contributed by atoms with Crippen LogP contribution in [-0.4, -0.2) is 48.9 Å². The van der Waals surface area contributed by atoms with E-state index < -0.39 is 12.1 Å². The number of carbonyl (C=O) groups is 1. The average Bonchev–Trinajstić information content (AvgIpc) is 3.44. The molecule has 1 fully saturated rings. The summed E-state index contributed by atoms with van der Waals surface area (Å²) in [5, 5.41) is 16.4. The van der Waals surface area contributed by atoms with Crippen LogP contribution in [0.4, 0.5) is 5.13 Å². The van der Waals surface area contributed by atoms with Crippen molar-refractivity contribution < 1.29 is 19.4 Å². The number of nitrogens with one attached hydrogen (secondary N) is 1. The molecule has 0 spiro atoms. The summed E-state index contributed by atoms with van der Waals surface area (Å²) in [6.07, 6.45) is -0.251. The van der Waals surface area contributed by atoms with Gasteiger partial charge >= 0.3 is 0 Å². The fraction of sp³-hybridized carbons (Fsp3) is 0.304. The molecule has 1 aliphatic heterocycles. The molecule has 9 heteroatoms. The van der Waals surface area contributed by atoms with Crippen molar-refractivity contribution in [2.45, 2.75) is 25.1 Å². The minimum absolute atomic E-state index is 0.163. The molecular formula is C23H24ClN3O4S. The molecule has 4 rings (SSSR count). The number of anilines is 1. The van der Waals surface area contributed by atoms with Crippen molar-refractivity contribution in [1.82, 2.24) is 10.3 Å². The second-order valence-corrected chi connectivity index (χ2v) is 8.70. The van der Waals surface area contributed by atoms with E-state index in [1.165, 1.54) is 11.3 Å². The Kier molecular flexibility index (Phi) is 6.83. The third-order valence-electron chi connectivity index (χ3n) is 5.41. The zero-order valence-electron chi connectivity index (χ0n) is 17.7. The number of thiazole rings is 1. The van der Waals surface area contributed by atoms with Gasteiger partial charge in [-0.3, -0.25) is 4.79 Å². The lowest BCUT2D eigenvalue weighted by Gasteiger charge is -2.23. The van der Waals surface area contributed by atoms with Crippen LogP contribution in [0.1, 0.15) is 12.0 Å². The quantitative estimate of drug-likeness (QED) is 0.544. The summed E-state index contributed by atoms with van der Waals surface area (Å²) < 4.78 is 10.7. The number of rotatable bonds is 7. The molecular weight excluding hydrogens is 450 g/mol. The maximum atomic E-state index is 12.9. The summed E-state index contributed by atoms with van der Waals surface area (Å²) in [6, 6.07) is 12.5. The van der Waals surface area contributed by atoms with Gasteiger partial charge in [0.15, 0.2) is 16.6 Å². The number of hydrogen-bond acceptors (Lipinski definition) is 7. The second kappa shape index (κ2) is 9.77. The highest BCUT2D eigenvalue weighted by Gasteiger charge is 2.37. The van der Waals surface area contributed by atoms with Crippen molar-refractivity contribution in [3.8, 4) is 22.8 Å². The molecule has 1 amide bonds. The van der Waals surface area contributed by atoms with Gasteiger partial charge < -0.3 is 24.8 Å². The first-order chi connectivity index (χ1) is 15.5. The van der Waals surface area contributed by atoms with Crippen LogP contribution in [0, 0.1) is 0 Å². The molecule has 168 valence electrons. The third-order valence-corrected chi connectivity index (χ3v) is 6.66. The van der Waals surface area contributed by atoms with Gasteiger partial charge in [0.2, 0.25) is 5.91 Å². The zero-order valence-corrected chi connectivity index (χ0v) is 19.3. The van der Waals surface area contributed by atoms with Crippen molar-refractivity contribution >= 4 is 34.0 Å². The third kappa shape index (κ3) is 4.67. The number of methoxy groups -OCH3 is 2. The normalized spacial score (nSPS) is 17.9. The standard InChI is InChI=1S/C23H24ClN3O4S/c1-30-20-8-7-14(9-21(20)31-2)18-13-32-23(26-18)27-12-16(28)10-19(27)22(29)25-11-15-5-3-4-6-17(15)24/h3-9,13,16,19,28H,10-12H2,1-2H3,(H,25,29)/t16?,19-/m0/s1. The van der Waals surface area contributed by atoms with Crippen molar-refractivity contribution in [1.29, 1.82) is 0 Å². The van der Waals surface area contributed by atoms with Crippen molar-refractivity contribution in [3.63, 3.8) is 0 Å². The minimum Gasteiger partial charge on any atom is -0.493 e. The molecule has 0 aliphatic carbocycles. The molecule has 0 radical (unpaired) electrons. The van der Waals surface area contributed by atoms with Crippen LogP contribution in [0.2, 0.25) is 5.02 Å². The van der Waals surface area contributed by atoms with Gasteiger partial charge in [0, 0.05) is 35.5 Å². The number of carbonyl (C=O) groups excluding carboxylic acids is 1. The Labute approximate surface area is 195 Å². The van der Waals surface area contributed by atoms with Gasteiger partial charge in [0.05, 0.1) is 26.0 Å². The molecule has 3 aromatic rings. The molecule has 2 aromatic carbocycles. The fourth-order valence-corrected chi connectivity index (χ4v) is 4.84. The second-order valence-electron chi connectivity index (χ2n) is 7.45. The van der Waals surface area contributed by atoms with Crippen LogP contribution in [0.15, 0.2) is 47.8 Å². The lowest BCUT2D eigenvalue weighted by molar-refractivity contribution is -0.122. The first-order valence-corrected chi connectivity index (χ1v) is 11.4. The maximum Gasteiger partial charge on any atom is 0.243 e. The van der Waals surface area contributed by atoms with Gasteiger partial charge in [-0.1, -0.05) is 29.8 Å². The molecule has 1 saturated heterocycles. The molecule has 32 heavy (non-hydrogen) atoms. The maximum absolute atomic E-state index is 12.9. The van der Waals surface area contributed by atoms with Crippen molar-refractivity contribution in [2.75, 3.05) is 25.7 Å². The Bertz CT molecular complexity index is 1110. The number of ether oxygens (including phenoxy) is 2. The number of hydrogen-bond donors (Lipinski definition) is 2. The Balaban J connectivity index is 1.50. The van der Waals surface area contributed by atoms with Gasteiger partial charge in [-0.05, 0) is 29.8 Å². The minimum atomic E-state index is -0.598. The van der Waals surface area contributed by atoms with Gasteiger partial charge in [0.25, 0.3) is 0 Å². The van der Waals surface area contributed by atoms with Gasteiger partial charge in [-0.15, -0.1) is 11.3 Å². The number of aliphatic hydroxyl groups is 1. The lowest BCUT2D eigenvalue weighted by Crippen LogP contribution is -2.43. The molecule has 1 unspecified atom stereocenters. The molecule has 2 heterocycles. The number of benzene rings is 2. The van der Waals surface area contributed by atoms with Crippen LogP contribution in [0.25, 0.3) is 11.3 Å². The predicted molar refractivity (Wildman–Crippen MR) is 126 cm³/mol. The van der Waals surface area contributed by atoms with E-state index >= 15 is 0 Å². The highest BCUT2D eigenvalue weighted by molar-refractivity contribution is 7.14. The summed E-state index contributed by atoms with van der Waals surface area (Å²) in [5.41, 5.74) is 2.49. The largest absolute Gasteiger partial charge is 0.493 e. The highest BCUT2D eigenvalue weighted by Crippen LogP contribution is 2.36. The summed E-state index contributed by atoms with van der Waals surface area (Å²) in [4.78, 5) is 19.5. The van der Waals surface area contributed by atoms with E-state index in [1.54, 1.807) is 20.3 Å². The van der Waals surface area contributed by atoms with Crippen LogP contribution in [0.5, 0.6) is 11.5 Å². The molecule has 1 aromatic heterocycles. The monoisotopic (exact) mass is 473 g/mol. The zero-order chi connectivity index (χ0) is 22.7. The average molecular weight is 474 g/mol. The van der Waals surface area contributed by atoms with Crippen LogP contribution < -0.4 is 19.7 Å². The lowest BCUT2D eigenvalue weighted by atomic mass is 10.1. The van der Waals surface area contributed by atoms with Gasteiger partial charge in [0.1, 0.15) is 6.04 Å². The van der Waals surface area contributed by atoms with E-state index in [0.717, 1.165) is 16.8 Å². The number of halogens is 1. The molecule has 2 N–H and O–H groups in total. The number of amides is 1. The fourth-order valence-electron chi connectivity index (χ4n) is 3.74.